The molecule has 140 valence electrons. The molecule has 1 aliphatic rings. The van der Waals surface area contributed by atoms with E-state index < -0.39 is 5.82 Å². The first-order chi connectivity index (χ1) is 12.5. The predicted molar refractivity (Wildman–Crippen MR) is 97.9 cm³/mol. The van der Waals surface area contributed by atoms with Crippen LogP contribution in [0.5, 0.6) is 5.88 Å². The number of pyridine rings is 1. The fraction of sp³-hybridized carbons (Fsp3) is 0.471. The molecule has 3 heterocycles. The van der Waals surface area contributed by atoms with E-state index in [2.05, 4.69) is 25.5 Å². The minimum absolute atomic E-state index is 0.0327. The molecule has 1 atom stereocenters. The van der Waals surface area contributed by atoms with Gasteiger partial charge in [0.25, 0.3) is 0 Å². The highest BCUT2D eigenvalue weighted by Crippen LogP contribution is 2.22. The van der Waals surface area contributed by atoms with E-state index in [1.54, 1.807) is 18.5 Å². The molecule has 1 amide bonds. The number of amides is 1. The molecule has 0 aromatic carbocycles. The fourth-order valence-electron chi connectivity index (χ4n) is 3.01. The number of aromatic nitrogens is 2. The van der Waals surface area contributed by atoms with Crippen LogP contribution in [-0.2, 0) is 17.8 Å². The zero-order valence-electron chi connectivity index (χ0n) is 14.8. The third kappa shape index (κ3) is 4.75. The standard InChI is InChI=1S/C17H22FN5O2S/c1-11(24)22-17-21-8-14(26-17)10-23-6-5-19-13(9-23)7-12-3-4-20-16(25-2)15(12)18/h3-4,8,13,19H,5-7,9-10H2,1-2H3,(H,21,22,24)/t13-/m1/s1. The molecule has 2 aromatic heterocycles. The molecule has 1 aliphatic heterocycles. The van der Waals surface area contributed by atoms with Gasteiger partial charge in [-0.05, 0) is 18.1 Å². The van der Waals surface area contributed by atoms with Gasteiger partial charge in [0, 0.05) is 56.4 Å². The summed E-state index contributed by atoms with van der Waals surface area (Å²) in [4.78, 5) is 22.6. The number of ether oxygens (including phenoxy) is 1. The molecule has 2 N–H and O–H groups in total. The summed E-state index contributed by atoms with van der Waals surface area (Å²) in [6.45, 7) is 4.78. The number of piperazine rings is 1. The molecule has 0 aliphatic carbocycles. The van der Waals surface area contributed by atoms with Crippen LogP contribution in [0.3, 0.4) is 0 Å². The van der Waals surface area contributed by atoms with Crippen molar-refractivity contribution >= 4 is 22.4 Å². The second kappa shape index (κ2) is 8.52. The average Bonchev–Trinajstić information content (AvgIpc) is 3.03. The molecular weight excluding hydrogens is 357 g/mol. The van der Waals surface area contributed by atoms with E-state index >= 15 is 0 Å². The summed E-state index contributed by atoms with van der Waals surface area (Å²) in [6, 6.07) is 1.84. The Labute approximate surface area is 155 Å². The van der Waals surface area contributed by atoms with E-state index in [0.29, 0.717) is 17.1 Å². The van der Waals surface area contributed by atoms with Crippen molar-refractivity contribution in [1.82, 2.24) is 20.2 Å². The maximum absolute atomic E-state index is 14.3. The van der Waals surface area contributed by atoms with Crippen molar-refractivity contribution < 1.29 is 13.9 Å². The summed E-state index contributed by atoms with van der Waals surface area (Å²) >= 11 is 1.48. The first-order valence-corrected chi connectivity index (χ1v) is 9.22. The summed E-state index contributed by atoms with van der Waals surface area (Å²) in [5.74, 6) is -0.482. The van der Waals surface area contributed by atoms with Crippen molar-refractivity contribution in [3.05, 3.63) is 34.7 Å². The second-order valence-corrected chi connectivity index (χ2v) is 7.31. The van der Waals surface area contributed by atoms with Gasteiger partial charge in [0.1, 0.15) is 0 Å². The molecule has 1 saturated heterocycles. The van der Waals surface area contributed by atoms with E-state index in [1.807, 2.05) is 0 Å². The van der Waals surface area contributed by atoms with Gasteiger partial charge in [0.05, 0.1) is 7.11 Å². The summed E-state index contributed by atoms with van der Waals surface area (Å²) in [7, 11) is 1.42. The molecule has 7 nitrogen and oxygen atoms in total. The van der Waals surface area contributed by atoms with E-state index in [-0.39, 0.29) is 17.8 Å². The van der Waals surface area contributed by atoms with Gasteiger partial charge < -0.3 is 15.4 Å². The number of anilines is 1. The summed E-state index contributed by atoms with van der Waals surface area (Å²) in [6.07, 6.45) is 3.93. The predicted octanol–water partition coefficient (Wildman–Crippen LogP) is 1.66. The Bertz CT molecular complexity index is 769. The fourth-order valence-corrected chi connectivity index (χ4v) is 3.91. The highest BCUT2D eigenvalue weighted by Gasteiger charge is 2.22. The Hall–Kier alpha value is -2.10. The van der Waals surface area contributed by atoms with Gasteiger partial charge in [0.2, 0.25) is 11.8 Å². The number of hydrogen-bond acceptors (Lipinski definition) is 7. The number of nitrogens with zero attached hydrogens (tertiary/aromatic N) is 3. The van der Waals surface area contributed by atoms with Crippen molar-refractivity contribution in [1.29, 1.82) is 0 Å². The van der Waals surface area contributed by atoms with Gasteiger partial charge >= 0.3 is 0 Å². The smallest absolute Gasteiger partial charge is 0.250 e. The first kappa shape index (κ1) is 18.7. The maximum Gasteiger partial charge on any atom is 0.250 e. The number of halogens is 1. The Balaban J connectivity index is 1.59. The zero-order chi connectivity index (χ0) is 18.5. The lowest BCUT2D eigenvalue weighted by Crippen LogP contribution is -2.51. The number of hydrogen-bond donors (Lipinski definition) is 2. The minimum atomic E-state index is -0.392. The monoisotopic (exact) mass is 379 g/mol. The van der Waals surface area contributed by atoms with Gasteiger partial charge in [-0.1, -0.05) is 0 Å². The van der Waals surface area contributed by atoms with Crippen LogP contribution in [0.1, 0.15) is 17.4 Å². The Morgan fingerprint density at radius 1 is 1.54 bits per heavy atom. The molecule has 1 fully saturated rings. The van der Waals surface area contributed by atoms with E-state index in [0.717, 1.165) is 31.1 Å². The van der Waals surface area contributed by atoms with Crippen molar-refractivity contribution in [2.24, 2.45) is 0 Å². The normalized spacial score (nSPS) is 17.9. The highest BCUT2D eigenvalue weighted by atomic mass is 32.1. The Morgan fingerprint density at radius 3 is 3.15 bits per heavy atom. The van der Waals surface area contributed by atoms with Crippen LogP contribution in [0.2, 0.25) is 0 Å². The largest absolute Gasteiger partial charge is 0.479 e. The second-order valence-electron chi connectivity index (χ2n) is 6.20. The van der Waals surface area contributed by atoms with Crippen LogP contribution in [0.25, 0.3) is 0 Å². The van der Waals surface area contributed by atoms with Gasteiger partial charge in [-0.2, -0.15) is 0 Å². The first-order valence-electron chi connectivity index (χ1n) is 8.40. The van der Waals surface area contributed by atoms with Crippen LogP contribution in [0, 0.1) is 5.82 Å². The third-order valence-electron chi connectivity index (χ3n) is 4.15. The number of nitrogens with one attached hydrogen (secondary N) is 2. The number of thiazole rings is 1. The topological polar surface area (TPSA) is 79.4 Å². The molecule has 0 unspecified atom stereocenters. The lowest BCUT2D eigenvalue weighted by atomic mass is 10.0. The van der Waals surface area contributed by atoms with Gasteiger partial charge in [0.15, 0.2) is 10.9 Å². The lowest BCUT2D eigenvalue weighted by molar-refractivity contribution is -0.114. The molecule has 0 radical (unpaired) electrons. The maximum atomic E-state index is 14.3. The van der Waals surface area contributed by atoms with Crippen LogP contribution in [0.4, 0.5) is 9.52 Å². The van der Waals surface area contributed by atoms with Gasteiger partial charge in [-0.15, -0.1) is 11.3 Å². The molecule has 9 heteroatoms. The van der Waals surface area contributed by atoms with Crippen molar-refractivity contribution in [2.75, 3.05) is 32.1 Å². The Morgan fingerprint density at radius 2 is 2.38 bits per heavy atom. The quantitative estimate of drug-likeness (QED) is 0.795. The number of carbonyl (C=O) groups is 1. The SMILES string of the molecule is COc1nccc(C[C@@H]2CN(Cc3cnc(NC(C)=O)s3)CCN2)c1F. The summed E-state index contributed by atoms with van der Waals surface area (Å²) in [5, 5.41) is 6.76. The van der Waals surface area contributed by atoms with Crippen LogP contribution < -0.4 is 15.4 Å². The molecule has 0 bridgehead atoms. The number of carbonyl (C=O) groups excluding carboxylic acids is 1. The Kier molecular flexibility index (Phi) is 6.12. The molecule has 26 heavy (non-hydrogen) atoms. The average molecular weight is 379 g/mol. The van der Waals surface area contributed by atoms with E-state index in [1.165, 1.54) is 25.4 Å². The van der Waals surface area contributed by atoms with Crippen molar-refractivity contribution in [3.63, 3.8) is 0 Å². The molecular formula is C17H22FN5O2S. The number of methoxy groups -OCH3 is 1. The van der Waals surface area contributed by atoms with Crippen molar-refractivity contribution in [3.8, 4) is 5.88 Å². The van der Waals surface area contributed by atoms with Crippen molar-refractivity contribution in [2.45, 2.75) is 25.9 Å². The lowest BCUT2D eigenvalue weighted by Gasteiger charge is -2.33. The zero-order valence-corrected chi connectivity index (χ0v) is 15.6. The number of rotatable bonds is 6. The molecule has 0 spiro atoms. The minimum Gasteiger partial charge on any atom is -0.479 e. The summed E-state index contributed by atoms with van der Waals surface area (Å²) in [5.41, 5.74) is 0.599. The molecule has 2 aromatic rings. The molecule has 0 saturated carbocycles. The van der Waals surface area contributed by atoms with Crippen LogP contribution in [0.15, 0.2) is 18.5 Å². The van der Waals surface area contributed by atoms with E-state index in [4.69, 9.17) is 4.74 Å². The van der Waals surface area contributed by atoms with Gasteiger partial charge in [-0.3, -0.25) is 9.69 Å². The summed E-state index contributed by atoms with van der Waals surface area (Å²) < 4.78 is 19.3. The third-order valence-corrected chi connectivity index (χ3v) is 5.05. The highest BCUT2D eigenvalue weighted by molar-refractivity contribution is 7.15. The van der Waals surface area contributed by atoms with E-state index in [9.17, 15) is 9.18 Å². The molecule has 3 rings (SSSR count). The van der Waals surface area contributed by atoms with Gasteiger partial charge in [-0.25, -0.2) is 14.4 Å². The van der Waals surface area contributed by atoms with Crippen LogP contribution in [-0.4, -0.2) is 53.6 Å². The van der Waals surface area contributed by atoms with Crippen LogP contribution >= 0.6 is 11.3 Å².